The van der Waals surface area contributed by atoms with Crippen molar-refractivity contribution in [2.24, 2.45) is 0 Å². The molecule has 4 nitrogen and oxygen atoms in total. The third kappa shape index (κ3) is 4.33. The van der Waals surface area contributed by atoms with E-state index < -0.39 is 5.60 Å². The molecule has 116 valence electrons. The Bertz CT molecular complexity index is 623. The van der Waals surface area contributed by atoms with Crippen LogP contribution < -0.4 is 10.1 Å². The van der Waals surface area contributed by atoms with Crippen molar-refractivity contribution in [3.05, 3.63) is 65.7 Å². The Balaban J connectivity index is 1.84. The lowest BCUT2D eigenvalue weighted by molar-refractivity contribution is -0.124. The molecule has 1 amide bonds. The highest BCUT2D eigenvalue weighted by Gasteiger charge is 2.23. The molecule has 0 saturated carbocycles. The molecular weight excluding hydrogens is 278 g/mol. The molecule has 2 aromatic rings. The van der Waals surface area contributed by atoms with E-state index in [0.29, 0.717) is 5.75 Å². The van der Waals surface area contributed by atoms with Crippen molar-refractivity contribution >= 4 is 5.91 Å². The molecule has 0 aliphatic heterocycles. The molecule has 0 fully saturated rings. The highest BCUT2D eigenvalue weighted by atomic mass is 16.5. The molecule has 2 rings (SSSR count). The van der Waals surface area contributed by atoms with E-state index in [9.17, 15) is 9.90 Å². The van der Waals surface area contributed by atoms with Gasteiger partial charge in [0, 0.05) is 0 Å². The van der Waals surface area contributed by atoms with Gasteiger partial charge >= 0.3 is 0 Å². The maximum atomic E-state index is 11.9. The number of aliphatic hydroxyl groups is 1. The summed E-state index contributed by atoms with van der Waals surface area (Å²) in [7, 11) is 0. The van der Waals surface area contributed by atoms with Gasteiger partial charge in [-0.3, -0.25) is 4.79 Å². The van der Waals surface area contributed by atoms with E-state index in [1.54, 1.807) is 6.92 Å². The number of rotatable bonds is 6. The molecule has 0 spiro atoms. The van der Waals surface area contributed by atoms with Crippen LogP contribution in [0, 0.1) is 6.92 Å². The largest absolute Gasteiger partial charge is 0.484 e. The van der Waals surface area contributed by atoms with Crippen LogP contribution in [0.25, 0.3) is 0 Å². The average Bonchev–Trinajstić information content (AvgIpc) is 2.53. The van der Waals surface area contributed by atoms with Gasteiger partial charge in [-0.05, 0) is 31.0 Å². The fourth-order valence-electron chi connectivity index (χ4n) is 2.08. The predicted octanol–water partition coefficient (Wildman–Crippen LogP) is 2.40. The van der Waals surface area contributed by atoms with Gasteiger partial charge in [-0.25, -0.2) is 0 Å². The average molecular weight is 299 g/mol. The van der Waals surface area contributed by atoms with Crippen molar-refractivity contribution in [3.63, 3.8) is 0 Å². The normalized spacial score (nSPS) is 13.2. The van der Waals surface area contributed by atoms with Crippen molar-refractivity contribution in [1.82, 2.24) is 5.32 Å². The van der Waals surface area contributed by atoms with Crippen LogP contribution in [0.4, 0.5) is 0 Å². The predicted molar refractivity (Wildman–Crippen MR) is 85.7 cm³/mol. The van der Waals surface area contributed by atoms with E-state index in [1.807, 2.05) is 61.5 Å². The molecule has 0 aliphatic carbocycles. The number of benzene rings is 2. The van der Waals surface area contributed by atoms with Gasteiger partial charge in [-0.1, -0.05) is 48.5 Å². The molecule has 0 heterocycles. The zero-order valence-electron chi connectivity index (χ0n) is 12.9. The van der Waals surface area contributed by atoms with Crippen molar-refractivity contribution in [1.29, 1.82) is 0 Å². The molecule has 0 aliphatic rings. The van der Waals surface area contributed by atoms with Crippen LogP contribution >= 0.6 is 0 Å². The van der Waals surface area contributed by atoms with Gasteiger partial charge in [0.25, 0.3) is 5.91 Å². The SMILES string of the molecule is Cc1ccccc1OCC(=O)NC[C@](C)(O)c1ccccc1. The van der Waals surface area contributed by atoms with Gasteiger partial charge in [0.2, 0.25) is 0 Å². The molecule has 0 saturated heterocycles. The molecule has 2 aromatic carbocycles. The van der Waals surface area contributed by atoms with E-state index >= 15 is 0 Å². The Labute approximate surface area is 130 Å². The Kier molecular flexibility index (Phi) is 5.17. The van der Waals surface area contributed by atoms with Gasteiger partial charge < -0.3 is 15.2 Å². The third-order valence-corrected chi connectivity index (χ3v) is 3.48. The molecule has 0 unspecified atom stereocenters. The molecule has 0 bridgehead atoms. The summed E-state index contributed by atoms with van der Waals surface area (Å²) in [6.45, 7) is 3.65. The summed E-state index contributed by atoms with van der Waals surface area (Å²) in [5, 5.41) is 13.1. The van der Waals surface area contributed by atoms with Crippen molar-refractivity contribution in [3.8, 4) is 5.75 Å². The molecule has 22 heavy (non-hydrogen) atoms. The quantitative estimate of drug-likeness (QED) is 0.861. The Morgan fingerprint density at radius 1 is 1.14 bits per heavy atom. The monoisotopic (exact) mass is 299 g/mol. The topological polar surface area (TPSA) is 58.6 Å². The lowest BCUT2D eigenvalue weighted by Crippen LogP contribution is -2.40. The summed E-state index contributed by atoms with van der Waals surface area (Å²) in [5.74, 6) is 0.423. The van der Waals surface area contributed by atoms with Crippen LogP contribution in [0.2, 0.25) is 0 Å². The van der Waals surface area contributed by atoms with Crippen LogP contribution in [0.1, 0.15) is 18.1 Å². The van der Waals surface area contributed by atoms with Crippen LogP contribution in [-0.4, -0.2) is 24.2 Å². The first-order valence-corrected chi connectivity index (χ1v) is 7.22. The maximum Gasteiger partial charge on any atom is 0.258 e. The van der Waals surface area contributed by atoms with Gasteiger partial charge in [-0.2, -0.15) is 0 Å². The molecule has 0 radical (unpaired) electrons. The number of aryl methyl sites for hydroxylation is 1. The van der Waals surface area contributed by atoms with E-state index in [4.69, 9.17) is 4.74 Å². The molecule has 1 atom stereocenters. The number of nitrogens with one attached hydrogen (secondary N) is 1. The molecule has 4 heteroatoms. The Morgan fingerprint density at radius 2 is 1.77 bits per heavy atom. The number of amides is 1. The maximum absolute atomic E-state index is 11.9. The Morgan fingerprint density at radius 3 is 2.45 bits per heavy atom. The second-order valence-corrected chi connectivity index (χ2v) is 5.47. The van der Waals surface area contributed by atoms with Crippen LogP contribution in [0.15, 0.2) is 54.6 Å². The molecular formula is C18H21NO3. The minimum absolute atomic E-state index is 0.0737. The molecule has 0 aromatic heterocycles. The highest BCUT2D eigenvalue weighted by molar-refractivity contribution is 5.77. The fraction of sp³-hybridized carbons (Fsp3) is 0.278. The minimum Gasteiger partial charge on any atom is -0.484 e. The van der Waals surface area contributed by atoms with E-state index in [1.165, 1.54) is 0 Å². The van der Waals surface area contributed by atoms with E-state index in [-0.39, 0.29) is 19.1 Å². The van der Waals surface area contributed by atoms with Crippen LogP contribution in [0.5, 0.6) is 5.75 Å². The fourth-order valence-corrected chi connectivity index (χ4v) is 2.08. The number of carbonyl (C=O) groups is 1. The number of hydrogen-bond donors (Lipinski definition) is 2. The third-order valence-electron chi connectivity index (χ3n) is 3.48. The number of carbonyl (C=O) groups excluding carboxylic acids is 1. The Hall–Kier alpha value is -2.33. The first-order valence-electron chi connectivity index (χ1n) is 7.22. The van der Waals surface area contributed by atoms with Crippen molar-refractivity contribution in [2.45, 2.75) is 19.4 Å². The zero-order valence-corrected chi connectivity index (χ0v) is 12.9. The smallest absolute Gasteiger partial charge is 0.258 e. The zero-order chi connectivity index (χ0) is 16.0. The van der Waals surface area contributed by atoms with Crippen LogP contribution in [0.3, 0.4) is 0 Å². The van der Waals surface area contributed by atoms with Gasteiger partial charge in [0.05, 0.1) is 6.54 Å². The van der Waals surface area contributed by atoms with E-state index in [0.717, 1.165) is 11.1 Å². The summed E-state index contributed by atoms with van der Waals surface area (Å²) < 4.78 is 5.48. The lowest BCUT2D eigenvalue weighted by Gasteiger charge is -2.24. The summed E-state index contributed by atoms with van der Waals surface area (Å²) in [6, 6.07) is 16.8. The van der Waals surface area contributed by atoms with Gasteiger partial charge in [-0.15, -0.1) is 0 Å². The summed E-state index contributed by atoms with van der Waals surface area (Å²) in [4.78, 5) is 11.9. The van der Waals surface area contributed by atoms with Crippen molar-refractivity contribution in [2.75, 3.05) is 13.2 Å². The first-order chi connectivity index (χ1) is 10.5. The van der Waals surface area contributed by atoms with Gasteiger partial charge in [0.1, 0.15) is 11.4 Å². The van der Waals surface area contributed by atoms with E-state index in [2.05, 4.69) is 5.32 Å². The standard InChI is InChI=1S/C18H21NO3/c1-14-8-6-7-11-16(14)22-12-17(20)19-13-18(2,21)15-9-4-3-5-10-15/h3-11,21H,12-13H2,1-2H3,(H,19,20)/t18-/m0/s1. The van der Waals surface area contributed by atoms with Gasteiger partial charge in [0.15, 0.2) is 6.61 Å². The van der Waals surface area contributed by atoms with Crippen molar-refractivity contribution < 1.29 is 14.6 Å². The first kappa shape index (κ1) is 16.0. The summed E-state index contributed by atoms with van der Waals surface area (Å²) >= 11 is 0. The lowest BCUT2D eigenvalue weighted by atomic mass is 9.96. The second-order valence-electron chi connectivity index (χ2n) is 5.47. The number of hydrogen-bond acceptors (Lipinski definition) is 3. The highest BCUT2D eigenvalue weighted by Crippen LogP contribution is 2.19. The number of ether oxygens (including phenoxy) is 1. The van der Waals surface area contributed by atoms with Crippen LogP contribution in [-0.2, 0) is 10.4 Å². The molecule has 2 N–H and O–H groups in total. The summed E-state index contributed by atoms with van der Waals surface area (Å²) in [5.41, 5.74) is 0.626. The summed E-state index contributed by atoms with van der Waals surface area (Å²) in [6.07, 6.45) is 0. The number of para-hydroxylation sites is 1. The second kappa shape index (κ2) is 7.09. The minimum atomic E-state index is -1.11.